The van der Waals surface area contributed by atoms with Crippen LogP contribution in [0.3, 0.4) is 0 Å². The first-order chi connectivity index (χ1) is 16.9. The molecule has 4 rings (SSSR count). The summed E-state index contributed by atoms with van der Waals surface area (Å²) >= 11 is 0. The van der Waals surface area contributed by atoms with E-state index in [9.17, 15) is 14.7 Å². The first kappa shape index (κ1) is 25.2. The quantitative estimate of drug-likeness (QED) is 0.497. The maximum Gasteiger partial charge on any atom is 0.320 e. The molecule has 0 bridgehead atoms. The number of carbonyl (C=O) groups excluding carboxylic acids is 1. The minimum absolute atomic E-state index is 0.103. The van der Waals surface area contributed by atoms with Gasteiger partial charge in [-0.3, -0.25) is 14.9 Å². The third kappa shape index (κ3) is 6.43. The number of anilines is 1. The highest BCUT2D eigenvalue weighted by Crippen LogP contribution is 2.33. The van der Waals surface area contributed by atoms with E-state index in [0.717, 1.165) is 12.0 Å². The number of amides is 1. The molecule has 0 aromatic heterocycles. The molecule has 1 saturated carbocycles. The second kappa shape index (κ2) is 11.7. The van der Waals surface area contributed by atoms with Crippen molar-refractivity contribution in [3.05, 3.63) is 59.7 Å². The smallest absolute Gasteiger partial charge is 0.320 e. The molecule has 2 aromatic rings. The van der Waals surface area contributed by atoms with E-state index in [0.29, 0.717) is 36.2 Å². The van der Waals surface area contributed by atoms with Crippen molar-refractivity contribution in [1.82, 2.24) is 5.32 Å². The van der Waals surface area contributed by atoms with Crippen molar-refractivity contribution >= 4 is 17.6 Å². The maximum absolute atomic E-state index is 13.7. The average Bonchev–Trinajstić information content (AvgIpc) is 2.99. The number of hydrogen-bond donors (Lipinski definition) is 2. The summed E-state index contributed by atoms with van der Waals surface area (Å²) in [5, 5.41) is 13.1. The zero-order chi connectivity index (χ0) is 24.8. The first-order valence-corrected chi connectivity index (χ1v) is 13.0. The van der Waals surface area contributed by atoms with Crippen LogP contribution in [0, 0.1) is 5.92 Å². The van der Waals surface area contributed by atoms with E-state index in [-0.39, 0.29) is 12.5 Å². The van der Waals surface area contributed by atoms with Crippen LogP contribution < -0.4 is 15.0 Å². The summed E-state index contributed by atoms with van der Waals surface area (Å²) in [6.07, 6.45) is 7.49. The summed E-state index contributed by atoms with van der Waals surface area (Å²) in [5.41, 5.74) is 2.98. The van der Waals surface area contributed by atoms with Crippen molar-refractivity contribution in [3.63, 3.8) is 0 Å². The number of fused-ring (bicyclic) bond motifs is 1. The number of rotatable bonds is 9. The number of ether oxygens (including phenoxy) is 1. The molecule has 2 aliphatic rings. The van der Waals surface area contributed by atoms with E-state index in [1.54, 1.807) is 4.90 Å². The molecule has 188 valence electrons. The predicted molar refractivity (Wildman–Crippen MR) is 138 cm³/mol. The van der Waals surface area contributed by atoms with Crippen LogP contribution in [0.25, 0.3) is 0 Å². The molecule has 1 aliphatic heterocycles. The lowest BCUT2D eigenvalue weighted by molar-refractivity contribution is -0.140. The molecule has 2 aromatic carbocycles. The highest BCUT2D eigenvalue weighted by molar-refractivity contribution is 5.99. The zero-order valence-electron chi connectivity index (χ0n) is 20.9. The molecule has 6 heteroatoms. The lowest BCUT2D eigenvalue weighted by atomic mass is 9.85. The Labute approximate surface area is 208 Å². The zero-order valence-corrected chi connectivity index (χ0v) is 20.9. The van der Waals surface area contributed by atoms with Gasteiger partial charge < -0.3 is 14.7 Å². The van der Waals surface area contributed by atoms with Gasteiger partial charge in [0, 0.05) is 0 Å². The summed E-state index contributed by atoms with van der Waals surface area (Å²) < 4.78 is 6.01. The number of aliphatic carboxylic acids is 1. The molecule has 1 heterocycles. The van der Waals surface area contributed by atoms with Crippen LogP contribution in [0.15, 0.2) is 48.5 Å². The molecule has 35 heavy (non-hydrogen) atoms. The number of nitrogens with one attached hydrogen (secondary N) is 1. The maximum atomic E-state index is 13.7. The van der Waals surface area contributed by atoms with Gasteiger partial charge in [-0.25, -0.2) is 0 Å². The van der Waals surface area contributed by atoms with Gasteiger partial charge in [0.05, 0.1) is 12.2 Å². The Kier molecular flexibility index (Phi) is 8.45. The Morgan fingerprint density at radius 1 is 1.09 bits per heavy atom. The third-order valence-corrected chi connectivity index (χ3v) is 7.40. The van der Waals surface area contributed by atoms with E-state index in [1.807, 2.05) is 24.3 Å². The molecule has 6 nitrogen and oxygen atoms in total. The van der Waals surface area contributed by atoms with Crippen LogP contribution >= 0.6 is 0 Å². The van der Waals surface area contributed by atoms with Crippen LogP contribution in [0.1, 0.15) is 75.8 Å². The van der Waals surface area contributed by atoms with E-state index >= 15 is 0 Å². The molecular formula is C29H38N2O4. The van der Waals surface area contributed by atoms with Crippen LogP contribution in [0.5, 0.6) is 5.75 Å². The van der Waals surface area contributed by atoms with Gasteiger partial charge in [-0.1, -0.05) is 82.3 Å². The normalized spacial score (nSPS) is 19.7. The summed E-state index contributed by atoms with van der Waals surface area (Å²) in [6.45, 7) is 4.82. The Morgan fingerprint density at radius 2 is 1.80 bits per heavy atom. The molecule has 0 radical (unpaired) electrons. The number of carboxylic acid groups (broad SMARTS) is 1. The van der Waals surface area contributed by atoms with Crippen LogP contribution in [0.2, 0.25) is 0 Å². The fourth-order valence-corrected chi connectivity index (χ4v) is 5.23. The van der Waals surface area contributed by atoms with Crippen molar-refractivity contribution < 1.29 is 19.4 Å². The summed E-state index contributed by atoms with van der Waals surface area (Å²) in [7, 11) is 0. The molecule has 1 unspecified atom stereocenters. The van der Waals surface area contributed by atoms with Gasteiger partial charge in [0.1, 0.15) is 24.4 Å². The van der Waals surface area contributed by atoms with Crippen LogP contribution in [-0.2, 0) is 16.1 Å². The van der Waals surface area contributed by atoms with Crippen molar-refractivity contribution in [3.8, 4) is 5.75 Å². The lowest BCUT2D eigenvalue weighted by Gasteiger charge is -2.28. The van der Waals surface area contributed by atoms with Crippen molar-refractivity contribution in [1.29, 1.82) is 0 Å². The standard InChI is InChI=1S/C29H38N2O4/c1-20(2)23-15-12-22(13-16-23)18-31-26-10-6-7-11-27(26)35-19-25(28(31)32)30-24(29(33)34)17-14-21-8-4-3-5-9-21/h6-7,10-13,15-16,20-21,24-25,30H,3-5,8-9,14,17-19H2,1-2H3,(H,33,34)/t24?,25-/m0/s1. The topological polar surface area (TPSA) is 78.9 Å². The number of carbonyl (C=O) groups is 2. The third-order valence-electron chi connectivity index (χ3n) is 7.40. The Bertz CT molecular complexity index is 998. The SMILES string of the molecule is CC(C)c1ccc(CN2C(=O)[C@@H](NC(CCC3CCCCC3)C(=O)O)COc3ccccc32)cc1. The minimum atomic E-state index is -0.911. The average molecular weight is 479 g/mol. The van der Waals surface area contributed by atoms with Crippen molar-refractivity contribution in [2.45, 2.75) is 83.3 Å². The molecule has 1 aliphatic carbocycles. The van der Waals surface area contributed by atoms with E-state index in [1.165, 1.54) is 37.7 Å². The van der Waals surface area contributed by atoms with E-state index in [2.05, 4.69) is 43.4 Å². The molecule has 2 N–H and O–H groups in total. The van der Waals surface area contributed by atoms with Gasteiger partial charge >= 0.3 is 5.97 Å². The molecule has 1 fully saturated rings. The second-order valence-corrected chi connectivity index (χ2v) is 10.3. The summed E-state index contributed by atoms with van der Waals surface area (Å²) in [6, 6.07) is 14.3. The van der Waals surface area contributed by atoms with Gasteiger partial charge in [0.15, 0.2) is 0 Å². The molecule has 0 saturated heterocycles. The first-order valence-electron chi connectivity index (χ1n) is 13.0. The van der Waals surface area contributed by atoms with Crippen LogP contribution in [0.4, 0.5) is 5.69 Å². The number of benzene rings is 2. The minimum Gasteiger partial charge on any atom is -0.489 e. The molecule has 1 amide bonds. The largest absolute Gasteiger partial charge is 0.489 e. The van der Waals surface area contributed by atoms with Gasteiger partial charge in [0.2, 0.25) is 5.91 Å². The molecule has 0 spiro atoms. The van der Waals surface area contributed by atoms with Gasteiger partial charge in [-0.2, -0.15) is 0 Å². The fraction of sp³-hybridized carbons (Fsp3) is 0.517. The highest BCUT2D eigenvalue weighted by atomic mass is 16.5. The molecule has 2 atom stereocenters. The number of hydrogen-bond acceptors (Lipinski definition) is 4. The van der Waals surface area contributed by atoms with Crippen molar-refractivity contribution in [2.75, 3.05) is 11.5 Å². The lowest BCUT2D eigenvalue weighted by Crippen LogP contribution is -2.53. The van der Waals surface area contributed by atoms with Gasteiger partial charge in [-0.15, -0.1) is 0 Å². The predicted octanol–water partition coefficient (Wildman–Crippen LogP) is 5.51. The highest BCUT2D eigenvalue weighted by Gasteiger charge is 2.34. The fourth-order valence-electron chi connectivity index (χ4n) is 5.23. The monoisotopic (exact) mass is 478 g/mol. The summed E-state index contributed by atoms with van der Waals surface area (Å²) in [4.78, 5) is 27.6. The second-order valence-electron chi connectivity index (χ2n) is 10.3. The Morgan fingerprint density at radius 3 is 2.49 bits per heavy atom. The van der Waals surface area contributed by atoms with E-state index in [4.69, 9.17) is 4.74 Å². The number of para-hydroxylation sites is 2. The van der Waals surface area contributed by atoms with Gasteiger partial charge in [0.25, 0.3) is 0 Å². The Hall–Kier alpha value is -2.86. The van der Waals surface area contributed by atoms with E-state index < -0.39 is 18.1 Å². The van der Waals surface area contributed by atoms with Gasteiger partial charge in [-0.05, 0) is 47.9 Å². The number of carboxylic acids is 1. The summed E-state index contributed by atoms with van der Waals surface area (Å²) in [5.74, 6) is 0.590. The molecular weight excluding hydrogens is 440 g/mol. The van der Waals surface area contributed by atoms with Crippen molar-refractivity contribution in [2.24, 2.45) is 5.92 Å². The Balaban J connectivity index is 1.51. The van der Waals surface area contributed by atoms with Crippen LogP contribution in [-0.4, -0.2) is 35.7 Å². The number of nitrogens with zero attached hydrogens (tertiary/aromatic N) is 1.